The first-order valence-electron chi connectivity index (χ1n) is 6.64. The number of nitrogens with zero attached hydrogens (tertiary/aromatic N) is 3. The molecule has 4 heteroatoms. The van der Waals surface area contributed by atoms with E-state index in [9.17, 15) is 0 Å². The van der Waals surface area contributed by atoms with Gasteiger partial charge in [0.1, 0.15) is 11.5 Å². The summed E-state index contributed by atoms with van der Waals surface area (Å²) in [5.74, 6) is 1.61. The molecular weight excluding hydrogens is 236 g/mol. The molecule has 19 heavy (non-hydrogen) atoms. The minimum absolute atomic E-state index is 0.694. The maximum atomic E-state index is 4.62. The van der Waals surface area contributed by atoms with Crippen LogP contribution >= 0.6 is 0 Å². The number of aromatic nitrogens is 3. The number of aryl methyl sites for hydroxylation is 2. The summed E-state index contributed by atoms with van der Waals surface area (Å²) >= 11 is 0. The topological polar surface area (TPSA) is 50.7 Å². The Kier molecular flexibility index (Phi) is 4.10. The Bertz CT molecular complexity index is 578. The fraction of sp³-hybridized carbons (Fsp3) is 0.400. The van der Waals surface area contributed by atoms with Crippen LogP contribution in [0.4, 0.5) is 5.82 Å². The van der Waals surface area contributed by atoms with Crippen LogP contribution in [0.2, 0.25) is 0 Å². The highest BCUT2D eigenvalue weighted by atomic mass is 15.0. The minimum Gasteiger partial charge on any atom is -0.370 e. The van der Waals surface area contributed by atoms with Gasteiger partial charge in [0.25, 0.3) is 0 Å². The third-order valence-electron chi connectivity index (χ3n) is 3.15. The number of rotatable bonds is 4. The Hall–Kier alpha value is -1.97. The Morgan fingerprint density at radius 2 is 1.95 bits per heavy atom. The molecule has 2 heterocycles. The van der Waals surface area contributed by atoms with Crippen molar-refractivity contribution in [2.45, 2.75) is 34.1 Å². The van der Waals surface area contributed by atoms with Gasteiger partial charge >= 0.3 is 0 Å². The zero-order valence-electron chi connectivity index (χ0n) is 12.0. The lowest BCUT2D eigenvalue weighted by atomic mass is 10.2. The summed E-state index contributed by atoms with van der Waals surface area (Å²) in [5, 5.41) is 3.35. The Morgan fingerprint density at radius 3 is 2.63 bits per heavy atom. The molecule has 100 valence electrons. The summed E-state index contributed by atoms with van der Waals surface area (Å²) in [6, 6.07) is 3.95. The van der Waals surface area contributed by atoms with Crippen molar-refractivity contribution in [1.29, 1.82) is 0 Å². The molecule has 1 N–H and O–H groups in total. The van der Waals surface area contributed by atoms with Gasteiger partial charge in [0.05, 0.1) is 0 Å². The van der Waals surface area contributed by atoms with E-state index >= 15 is 0 Å². The van der Waals surface area contributed by atoms with Crippen molar-refractivity contribution in [3.05, 3.63) is 35.2 Å². The van der Waals surface area contributed by atoms with Gasteiger partial charge in [-0.15, -0.1) is 0 Å². The molecule has 0 atom stereocenters. The van der Waals surface area contributed by atoms with Crippen molar-refractivity contribution >= 4 is 5.82 Å². The lowest BCUT2D eigenvalue weighted by molar-refractivity contribution is 0.952. The average molecular weight is 256 g/mol. The molecule has 0 saturated carbocycles. The number of pyridine rings is 1. The van der Waals surface area contributed by atoms with Crippen molar-refractivity contribution in [2.24, 2.45) is 0 Å². The van der Waals surface area contributed by atoms with Gasteiger partial charge in [0.2, 0.25) is 0 Å². The van der Waals surface area contributed by atoms with E-state index < -0.39 is 0 Å². The first-order chi connectivity index (χ1) is 9.13. The first kappa shape index (κ1) is 13.5. The largest absolute Gasteiger partial charge is 0.370 e. The van der Waals surface area contributed by atoms with E-state index in [1.54, 1.807) is 6.20 Å². The zero-order chi connectivity index (χ0) is 13.8. The molecule has 2 rings (SSSR count). The van der Waals surface area contributed by atoms with Crippen LogP contribution < -0.4 is 5.32 Å². The molecule has 0 aromatic carbocycles. The number of anilines is 1. The van der Waals surface area contributed by atoms with E-state index in [2.05, 4.69) is 27.2 Å². The van der Waals surface area contributed by atoms with Gasteiger partial charge < -0.3 is 5.32 Å². The summed E-state index contributed by atoms with van der Waals surface area (Å²) < 4.78 is 0. The van der Waals surface area contributed by atoms with Crippen molar-refractivity contribution < 1.29 is 0 Å². The van der Waals surface area contributed by atoms with Crippen molar-refractivity contribution in [1.82, 2.24) is 15.0 Å². The summed E-state index contributed by atoms with van der Waals surface area (Å²) in [7, 11) is 0. The Morgan fingerprint density at radius 1 is 1.16 bits per heavy atom. The zero-order valence-corrected chi connectivity index (χ0v) is 12.0. The lowest BCUT2D eigenvalue weighted by Crippen LogP contribution is -2.08. The predicted molar refractivity (Wildman–Crippen MR) is 78.3 cm³/mol. The molecule has 0 aliphatic heterocycles. The molecule has 4 nitrogen and oxygen atoms in total. The summed E-state index contributed by atoms with van der Waals surface area (Å²) in [6.07, 6.45) is 2.85. The minimum atomic E-state index is 0.694. The van der Waals surface area contributed by atoms with Crippen LogP contribution in [-0.4, -0.2) is 21.5 Å². The van der Waals surface area contributed by atoms with E-state index in [0.29, 0.717) is 5.82 Å². The van der Waals surface area contributed by atoms with E-state index in [4.69, 9.17) is 0 Å². The first-order valence-corrected chi connectivity index (χ1v) is 6.64. The average Bonchev–Trinajstić information content (AvgIpc) is 2.41. The van der Waals surface area contributed by atoms with Crippen molar-refractivity contribution in [3.63, 3.8) is 0 Å². The second-order valence-corrected chi connectivity index (χ2v) is 4.70. The number of nitrogens with one attached hydrogen (secondary N) is 1. The highest BCUT2D eigenvalue weighted by Gasteiger charge is 2.11. The summed E-state index contributed by atoms with van der Waals surface area (Å²) in [5.41, 5.74) is 4.04. The fourth-order valence-corrected chi connectivity index (χ4v) is 1.87. The van der Waals surface area contributed by atoms with Crippen LogP contribution in [-0.2, 0) is 0 Å². The van der Waals surface area contributed by atoms with Gasteiger partial charge in [-0.3, -0.25) is 4.98 Å². The smallest absolute Gasteiger partial charge is 0.180 e. The van der Waals surface area contributed by atoms with Crippen LogP contribution in [0.3, 0.4) is 0 Å². The van der Waals surface area contributed by atoms with Gasteiger partial charge in [-0.1, -0.05) is 13.0 Å². The normalized spacial score (nSPS) is 10.5. The lowest BCUT2D eigenvalue weighted by Gasteiger charge is -2.12. The molecule has 0 saturated heterocycles. The summed E-state index contributed by atoms with van der Waals surface area (Å²) in [6.45, 7) is 9.14. The molecule has 0 fully saturated rings. The molecule has 2 aromatic heterocycles. The number of hydrogen-bond donors (Lipinski definition) is 1. The van der Waals surface area contributed by atoms with Gasteiger partial charge in [-0.25, -0.2) is 9.97 Å². The SMILES string of the molecule is CCCNc1nc(-c2ncccc2C)nc(C)c1C. The second-order valence-electron chi connectivity index (χ2n) is 4.70. The van der Waals surface area contributed by atoms with Gasteiger partial charge in [0.15, 0.2) is 5.82 Å². The Labute approximate surface area is 114 Å². The van der Waals surface area contributed by atoms with Gasteiger partial charge in [0, 0.05) is 24.0 Å². The highest BCUT2D eigenvalue weighted by Crippen LogP contribution is 2.22. The van der Waals surface area contributed by atoms with E-state index in [1.807, 2.05) is 32.9 Å². The third-order valence-corrected chi connectivity index (χ3v) is 3.15. The van der Waals surface area contributed by atoms with Crippen LogP contribution in [0.5, 0.6) is 0 Å². The monoisotopic (exact) mass is 256 g/mol. The Balaban J connectivity index is 2.47. The molecule has 0 aliphatic carbocycles. The van der Waals surface area contributed by atoms with E-state index in [0.717, 1.165) is 41.3 Å². The fourth-order valence-electron chi connectivity index (χ4n) is 1.87. The maximum Gasteiger partial charge on any atom is 0.180 e. The molecule has 0 aliphatic rings. The van der Waals surface area contributed by atoms with E-state index in [1.165, 1.54) is 0 Å². The van der Waals surface area contributed by atoms with E-state index in [-0.39, 0.29) is 0 Å². The standard InChI is InChI=1S/C15H20N4/c1-5-8-17-14-11(3)12(4)18-15(19-14)13-10(2)7-6-9-16-13/h6-7,9H,5,8H2,1-4H3,(H,17,18,19). The molecule has 0 radical (unpaired) electrons. The highest BCUT2D eigenvalue weighted by molar-refractivity contribution is 5.59. The molecule has 0 bridgehead atoms. The molecular formula is C15H20N4. The third kappa shape index (κ3) is 2.89. The van der Waals surface area contributed by atoms with Gasteiger partial charge in [-0.2, -0.15) is 0 Å². The van der Waals surface area contributed by atoms with Gasteiger partial charge in [-0.05, 0) is 38.8 Å². The van der Waals surface area contributed by atoms with Crippen molar-refractivity contribution in [2.75, 3.05) is 11.9 Å². The molecule has 0 spiro atoms. The van der Waals surface area contributed by atoms with Crippen LogP contribution in [0, 0.1) is 20.8 Å². The van der Waals surface area contributed by atoms with Crippen LogP contribution in [0.25, 0.3) is 11.5 Å². The molecule has 0 amide bonds. The van der Waals surface area contributed by atoms with Crippen LogP contribution in [0.15, 0.2) is 18.3 Å². The molecule has 0 unspecified atom stereocenters. The van der Waals surface area contributed by atoms with Crippen molar-refractivity contribution in [3.8, 4) is 11.5 Å². The second kappa shape index (κ2) is 5.78. The maximum absolute atomic E-state index is 4.62. The molecule has 2 aromatic rings. The van der Waals surface area contributed by atoms with Crippen LogP contribution in [0.1, 0.15) is 30.2 Å². The predicted octanol–water partition coefficient (Wildman–Crippen LogP) is 3.29. The summed E-state index contributed by atoms with van der Waals surface area (Å²) in [4.78, 5) is 13.6. The quantitative estimate of drug-likeness (QED) is 0.912. The number of hydrogen-bond acceptors (Lipinski definition) is 4.